The summed E-state index contributed by atoms with van der Waals surface area (Å²) in [5.74, 6) is 0. The minimum absolute atomic E-state index is 0.176. The van der Waals surface area contributed by atoms with Gasteiger partial charge in [-0.2, -0.15) is 0 Å². The molecule has 0 aliphatic carbocycles. The Kier molecular flexibility index (Phi) is 4.29. The fourth-order valence-electron chi connectivity index (χ4n) is 2.04. The second-order valence-corrected chi connectivity index (χ2v) is 6.64. The lowest BCUT2D eigenvalue weighted by atomic mass is 10.1. The number of rotatable bonds is 4. The molecule has 112 valence electrons. The number of sulfonamides is 1. The number of nitrogens with zero attached hydrogens (tertiary/aromatic N) is 1. The average molecular weight is 306 g/mol. The quantitative estimate of drug-likeness (QED) is 0.908. The van der Waals surface area contributed by atoms with Crippen LogP contribution < -0.4 is 4.72 Å². The Balaban J connectivity index is 2.50. The maximum Gasteiger partial charge on any atom is 0.262 e. The van der Waals surface area contributed by atoms with Crippen LogP contribution in [0.5, 0.6) is 0 Å². The van der Waals surface area contributed by atoms with Gasteiger partial charge in [0, 0.05) is 6.20 Å². The maximum atomic E-state index is 12.6. The Bertz CT molecular complexity index is 770. The number of benzene rings is 1. The molecular weight excluding hydrogens is 288 g/mol. The van der Waals surface area contributed by atoms with Crippen molar-refractivity contribution >= 4 is 15.7 Å². The lowest BCUT2D eigenvalue weighted by Gasteiger charge is -2.14. The lowest BCUT2D eigenvalue weighted by Crippen LogP contribution is -2.16. The predicted molar refractivity (Wildman–Crippen MR) is 81.6 cm³/mol. The summed E-state index contributed by atoms with van der Waals surface area (Å²) in [6.07, 6.45) is 3.08. The van der Waals surface area contributed by atoms with Crippen LogP contribution in [0.3, 0.4) is 0 Å². The highest BCUT2D eigenvalue weighted by Crippen LogP contribution is 2.24. The van der Waals surface area contributed by atoms with Gasteiger partial charge < -0.3 is 5.11 Å². The van der Waals surface area contributed by atoms with E-state index in [4.69, 9.17) is 0 Å². The number of aromatic nitrogens is 1. The number of anilines is 1. The molecule has 0 amide bonds. The monoisotopic (exact) mass is 306 g/mol. The Hall–Kier alpha value is -1.92. The largest absolute Gasteiger partial charge is 0.392 e. The fraction of sp³-hybridized carbons (Fsp3) is 0.267. The molecule has 0 bridgehead atoms. The summed E-state index contributed by atoms with van der Waals surface area (Å²) < 4.78 is 27.7. The molecule has 6 heteroatoms. The van der Waals surface area contributed by atoms with Crippen LogP contribution >= 0.6 is 0 Å². The van der Waals surface area contributed by atoms with E-state index in [1.807, 2.05) is 13.8 Å². The fourth-order valence-corrected chi connectivity index (χ4v) is 3.52. The van der Waals surface area contributed by atoms with Crippen molar-refractivity contribution in [1.29, 1.82) is 0 Å². The Morgan fingerprint density at radius 1 is 1.19 bits per heavy atom. The van der Waals surface area contributed by atoms with E-state index in [-0.39, 0.29) is 11.5 Å². The van der Waals surface area contributed by atoms with Crippen LogP contribution in [-0.2, 0) is 16.6 Å². The highest BCUT2D eigenvalue weighted by atomic mass is 32.2. The van der Waals surface area contributed by atoms with E-state index in [1.54, 1.807) is 25.3 Å². The molecule has 1 aromatic heterocycles. The van der Waals surface area contributed by atoms with Gasteiger partial charge in [0.05, 0.1) is 23.4 Å². The van der Waals surface area contributed by atoms with E-state index < -0.39 is 10.0 Å². The zero-order chi connectivity index (χ0) is 15.6. The predicted octanol–water partition coefficient (Wildman–Crippen LogP) is 2.30. The smallest absolute Gasteiger partial charge is 0.262 e. The minimum atomic E-state index is -3.72. The molecule has 0 atom stereocenters. The van der Waals surface area contributed by atoms with Crippen LogP contribution in [0.15, 0.2) is 35.5 Å². The highest BCUT2D eigenvalue weighted by molar-refractivity contribution is 7.92. The summed E-state index contributed by atoms with van der Waals surface area (Å²) in [4.78, 5) is 4.11. The van der Waals surface area contributed by atoms with Gasteiger partial charge in [0.15, 0.2) is 0 Å². The van der Waals surface area contributed by atoms with Gasteiger partial charge in [0.2, 0.25) is 0 Å². The van der Waals surface area contributed by atoms with Gasteiger partial charge >= 0.3 is 0 Å². The van der Waals surface area contributed by atoms with Crippen LogP contribution in [0, 0.1) is 20.8 Å². The van der Waals surface area contributed by atoms with Crippen molar-refractivity contribution in [3.8, 4) is 0 Å². The molecule has 21 heavy (non-hydrogen) atoms. The van der Waals surface area contributed by atoms with E-state index in [1.165, 1.54) is 12.3 Å². The van der Waals surface area contributed by atoms with Crippen LogP contribution in [0.4, 0.5) is 5.69 Å². The molecule has 0 radical (unpaired) electrons. The number of hydrogen-bond acceptors (Lipinski definition) is 4. The number of pyridine rings is 1. The third-order valence-electron chi connectivity index (χ3n) is 3.43. The molecule has 1 heterocycles. The van der Waals surface area contributed by atoms with Gasteiger partial charge in [0.1, 0.15) is 0 Å². The first-order valence-corrected chi connectivity index (χ1v) is 7.98. The summed E-state index contributed by atoms with van der Waals surface area (Å²) in [5.41, 5.74) is 3.30. The third kappa shape index (κ3) is 3.22. The second-order valence-electron chi connectivity index (χ2n) is 4.99. The van der Waals surface area contributed by atoms with Crippen LogP contribution in [0.1, 0.15) is 22.3 Å². The molecule has 5 nitrogen and oxygen atoms in total. The molecule has 2 rings (SSSR count). The molecule has 0 unspecified atom stereocenters. The van der Waals surface area contributed by atoms with Gasteiger partial charge in [-0.1, -0.05) is 6.07 Å². The van der Waals surface area contributed by atoms with Crippen molar-refractivity contribution in [2.24, 2.45) is 0 Å². The Morgan fingerprint density at radius 3 is 2.52 bits per heavy atom. The average Bonchev–Trinajstić information content (AvgIpc) is 2.43. The molecular formula is C15H18N2O3S. The summed E-state index contributed by atoms with van der Waals surface area (Å²) in [7, 11) is -3.72. The van der Waals surface area contributed by atoms with Crippen molar-refractivity contribution in [3.05, 3.63) is 52.8 Å². The second kappa shape index (κ2) is 5.83. The number of aryl methyl sites for hydroxylation is 2. The van der Waals surface area contributed by atoms with E-state index in [2.05, 4.69) is 9.71 Å². The van der Waals surface area contributed by atoms with Crippen molar-refractivity contribution < 1.29 is 13.5 Å². The van der Waals surface area contributed by atoms with E-state index in [0.29, 0.717) is 16.8 Å². The van der Waals surface area contributed by atoms with Crippen LogP contribution in [0.2, 0.25) is 0 Å². The summed E-state index contributed by atoms with van der Waals surface area (Å²) >= 11 is 0. The van der Waals surface area contributed by atoms with Crippen molar-refractivity contribution in [2.75, 3.05) is 4.72 Å². The van der Waals surface area contributed by atoms with Crippen molar-refractivity contribution in [1.82, 2.24) is 4.98 Å². The third-order valence-corrected chi connectivity index (χ3v) is 4.93. The number of hydrogen-bond donors (Lipinski definition) is 2. The van der Waals surface area contributed by atoms with Gasteiger partial charge in [-0.05, 0) is 55.2 Å². The molecule has 2 aromatic rings. The molecule has 2 N–H and O–H groups in total. The Morgan fingerprint density at radius 2 is 1.90 bits per heavy atom. The summed E-state index contributed by atoms with van der Waals surface area (Å²) in [5, 5.41) is 9.25. The molecule has 0 saturated heterocycles. The van der Waals surface area contributed by atoms with Gasteiger partial charge in [-0.3, -0.25) is 9.71 Å². The van der Waals surface area contributed by atoms with E-state index in [0.717, 1.165) is 11.1 Å². The number of aliphatic hydroxyl groups excluding tert-OH is 1. The summed E-state index contributed by atoms with van der Waals surface area (Å²) in [6, 6.07) is 5.01. The first-order chi connectivity index (χ1) is 9.85. The molecule has 0 aliphatic heterocycles. The standard InChI is InChI=1S/C15H18N2O3S/c1-10-4-5-16-8-14(10)17-21(19,20)15-7-13(9-18)6-11(2)12(15)3/h4-8,17-18H,9H2,1-3H3. The molecule has 0 spiro atoms. The van der Waals surface area contributed by atoms with Gasteiger partial charge in [-0.25, -0.2) is 8.42 Å². The van der Waals surface area contributed by atoms with E-state index in [9.17, 15) is 13.5 Å². The SMILES string of the molecule is Cc1ccncc1NS(=O)(=O)c1cc(CO)cc(C)c1C. The van der Waals surface area contributed by atoms with Crippen LogP contribution in [-0.4, -0.2) is 18.5 Å². The highest BCUT2D eigenvalue weighted by Gasteiger charge is 2.19. The first kappa shape index (κ1) is 15.5. The number of nitrogens with one attached hydrogen (secondary N) is 1. The number of aliphatic hydroxyl groups is 1. The van der Waals surface area contributed by atoms with Crippen molar-refractivity contribution in [2.45, 2.75) is 32.3 Å². The lowest BCUT2D eigenvalue weighted by molar-refractivity contribution is 0.281. The molecule has 0 saturated carbocycles. The summed E-state index contributed by atoms with van der Waals surface area (Å²) in [6.45, 7) is 5.18. The topological polar surface area (TPSA) is 79.3 Å². The minimum Gasteiger partial charge on any atom is -0.392 e. The molecule has 0 aliphatic rings. The zero-order valence-electron chi connectivity index (χ0n) is 12.2. The van der Waals surface area contributed by atoms with Crippen molar-refractivity contribution in [3.63, 3.8) is 0 Å². The first-order valence-electron chi connectivity index (χ1n) is 6.49. The normalized spacial score (nSPS) is 11.4. The van der Waals surface area contributed by atoms with Crippen LogP contribution in [0.25, 0.3) is 0 Å². The van der Waals surface area contributed by atoms with Gasteiger partial charge in [0.25, 0.3) is 10.0 Å². The van der Waals surface area contributed by atoms with E-state index >= 15 is 0 Å². The maximum absolute atomic E-state index is 12.6. The molecule has 0 fully saturated rings. The molecule has 1 aromatic carbocycles. The van der Waals surface area contributed by atoms with Gasteiger partial charge in [-0.15, -0.1) is 0 Å². The Labute approximate surface area is 124 Å². The zero-order valence-corrected chi connectivity index (χ0v) is 13.0.